The molecule has 6 nitrogen and oxygen atoms in total. The fourth-order valence-electron chi connectivity index (χ4n) is 4.33. The van der Waals surface area contributed by atoms with Crippen molar-refractivity contribution >= 4 is 5.91 Å². The normalized spacial score (nSPS) is 24.8. The van der Waals surface area contributed by atoms with E-state index in [9.17, 15) is 4.79 Å². The van der Waals surface area contributed by atoms with Crippen molar-refractivity contribution in [3.8, 4) is 5.75 Å². The highest BCUT2D eigenvalue weighted by Gasteiger charge is 2.25. The highest BCUT2D eigenvalue weighted by atomic mass is 16.5. The van der Waals surface area contributed by atoms with Gasteiger partial charge < -0.3 is 19.7 Å². The molecule has 0 bridgehead atoms. The zero-order valence-electron chi connectivity index (χ0n) is 16.1. The molecule has 1 aromatic carbocycles. The van der Waals surface area contributed by atoms with Gasteiger partial charge in [0.15, 0.2) is 0 Å². The second-order valence-electron chi connectivity index (χ2n) is 7.94. The lowest BCUT2D eigenvalue weighted by Gasteiger charge is -2.33. The van der Waals surface area contributed by atoms with Gasteiger partial charge in [0.05, 0.1) is 12.6 Å². The lowest BCUT2D eigenvalue weighted by Crippen LogP contribution is -2.48. The summed E-state index contributed by atoms with van der Waals surface area (Å²) < 4.78 is 11.5. The molecule has 1 amide bonds. The Kier molecular flexibility index (Phi) is 6.27. The van der Waals surface area contributed by atoms with Crippen molar-refractivity contribution in [2.75, 3.05) is 45.9 Å². The first-order chi connectivity index (χ1) is 13.3. The van der Waals surface area contributed by atoms with Gasteiger partial charge in [0.2, 0.25) is 5.91 Å². The summed E-state index contributed by atoms with van der Waals surface area (Å²) in [5, 5.41) is 3.25. The number of carbonyl (C=O) groups is 1. The average Bonchev–Trinajstić information content (AvgIpc) is 3.09. The molecule has 0 unspecified atom stereocenters. The Morgan fingerprint density at radius 1 is 1.07 bits per heavy atom. The second kappa shape index (κ2) is 9.04. The van der Waals surface area contributed by atoms with Crippen LogP contribution in [0.1, 0.15) is 31.2 Å². The topological polar surface area (TPSA) is 54.0 Å². The van der Waals surface area contributed by atoms with E-state index in [1.54, 1.807) is 0 Å². The summed E-state index contributed by atoms with van der Waals surface area (Å²) in [6.07, 6.45) is 4.88. The number of piperidine rings is 1. The van der Waals surface area contributed by atoms with Gasteiger partial charge in [-0.25, -0.2) is 0 Å². The number of carbonyl (C=O) groups excluding carboxylic acids is 1. The molecule has 0 saturated carbocycles. The van der Waals surface area contributed by atoms with Crippen LogP contribution in [-0.2, 0) is 16.1 Å². The van der Waals surface area contributed by atoms with Crippen LogP contribution in [0, 0.1) is 0 Å². The quantitative estimate of drug-likeness (QED) is 0.850. The van der Waals surface area contributed by atoms with Crippen LogP contribution in [0.5, 0.6) is 5.75 Å². The summed E-state index contributed by atoms with van der Waals surface area (Å²) in [7, 11) is 0. The molecule has 27 heavy (non-hydrogen) atoms. The largest absolute Gasteiger partial charge is 0.492 e. The first kappa shape index (κ1) is 18.7. The van der Waals surface area contributed by atoms with Crippen molar-refractivity contribution in [3.63, 3.8) is 0 Å². The van der Waals surface area contributed by atoms with Gasteiger partial charge in [0.1, 0.15) is 12.4 Å². The molecule has 1 aromatic rings. The molecule has 4 rings (SSSR count). The first-order valence-corrected chi connectivity index (χ1v) is 10.3. The highest BCUT2D eigenvalue weighted by Crippen LogP contribution is 2.22. The van der Waals surface area contributed by atoms with Gasteiger partial charge in [0.25, 0.3) is 0 Å². The van der Waals surface area contributed by atoms with Crippen LogP contribution in [0.25, 0.3) is 0 Å². The van der Waals surface area contributed by atoms with E-state index < -0.39 is 0 Å². The molecule has 3 aliphatic heterocycles. The number of amides is 1. The van der Waals surface area contributed by atoms with E-state index in [-0.39, 0.29) is 5.91 Å². The van der Waals surface area contributed by atoms with Gasteiger partial charge in [-0.15, -0.1) is 0 Å². The number of ether oxygens (including phenoxy) is 2. The zero-order valence-corrected chi connectivity index (χ0v) is 16.1. The minimum atomic E-state index is 0.131. The van der Waals surface area contributed by atoms with Crippen molar-refractivity contribution < 1.29 is 14.3 Å². The zero-order chi connectivity index (χ0) is 18.5. The van der Waals surface area contributed by atoms with Crippen LogP contribution >= 0.6 is 0 Å². The van der Waals surface area contributed by atoms with Gasteiger partial charge in [-0.1, -0.05) is 18.2 Å². The maximum atomic E-state index is 12.5. The van der Waals surface area contributed by atoms with E-state index in [4.69, 9.17) is 9.47 Å². The summed E-state index contributed by atoms with van der Waals surface area (Å²) >= 11 is 0. The minimum absolute atomic E-state index is 0.131. The molecule has 6 heteroatoms. The fourth-order valence-corrected chi connectivity index (χ4v) is 4.33. The molecule has 3 heterocycles. The molecule has 2 saturated heterocycles. The Balaban J connectivity index is 1.20. The maximum Gasteiger partial charge on any atom is 0.234 e. The average molecular weight is 373 g/mol. The van der Waals surface area contributed by atoms with Crippen LogP contribution in [0.3, 0.4) is 0 Å². The number of rotatable bonds is 5. The van der Waals surface area contributed by atoms with Gasteiger partial charge in [-0.3, -0.25) is 9.69 Å². The summed E-state index contributed by atoms with van der Waals surface area (Å²) in [6.45, 7) is 6.69. The fraction of sp³-hybridized carbons (Fsp3) is 0.667. The molecule has 0 radical (unpaired) electrons. The van der Waals surface area contributed by atoms with E-state index in [1.807, 2.05) is 18.2 Å². The van der Waals surface area contributed by atoms with Crippen molar-refractivity contribution in [2.45, 2.75) is 44.4 Å². The van der Waals surface area contributed by atoms with E-state index in [0.717, 1.165) is 63.5 Å². The third-order valence-electron chi connectivity index (χ3n) is 5.84. The maximum absolute atomic E-state index is 12.5. The Bertz CT molecular complexity index is 625. The molecule has 0 aromatic heterocycles. The molecule has 2 fully saturated rings. The molecule has 0 aliphatic carbocycles. The Morgan fingerprint density at radius 2 is 1.93 bits per heavy atom. The number of likely N-dealkylation sites (tertiary alicyclic amines) is 1. The smallest absolute Gasteiger partial charge is 0.234 e. The SMILES string of the molecule is O=C(CN1CCOc2ccccc2C1)NC1CCN(C[C@H]2CCCO2)CC1. The summed E-state index contributed by atoms with van der Waals surface area (Å²) in [4.78, 5) is 17.2. The molecular formula is C21H31N3O3. The van der Waals surface area contributed by atoms with Crippen molar-refractivity contribution in [1.82, 2.24) is 15.1 Å². The van der Waals surface area contributed by atoms with E-state index in [1.165, 1.54) is 12.8 Å². The number of hydrogen-bond donors (Lipinski definition) is 1. The molecular weight excluding hydrogens is 342 g/mol. The third kappa shape index (κ3) is 5.21. The lowest BCUT2D eigenvalue weighted by atomic mass is 10.0. The predicted molar refractivity (Wildman–Crippen MR) is 104 cm³/mol. The Labute approximate surface area is 161 Å². The Hall–Kier alpha value is -1.63. The molecule has 1 N–H and O–H groups in total. The van der Waals surface area contributed by atoms with Crippen LogP contribution in [0.2, 0.25) is 0 Å². The predicted octanol–water partition coefficient (Wildman–Crippen LogP) is 1.64. The number of para-hydroxylation sites is 1. The second-order valence-corrected chi connectivity index (χ2v) is 7.94. The van der Waals surface area contributed by atoms with Crippen molar-refractivity contribution in [1.29, 1.82) is 0 Å². The Morgan fingerprint density at radius 3 is 2.74 bits per heavy atom. The van der Waals surface area contributed by atoms with Crippen LogP contribution in [0.15, 0.2) is 24.3 Å². The molecule has 148 valence electrons. The highest BCUT2D eigenvalue weighted by molar-refractivity contribution is 5.78. The number of nitrogens with one attached hydrogen (secondary N) is 1. The number of benzene rings is 1. The van der Waals surface area contributed by atoms with Gasteiger partial charge >= 0.3 is 0 Å². The van der Waals surface area contributed by atoms with Crippen LogP contribution < -0.4 is 10.1 Å². The summed E-state index contributed by atoms with van der Waals surface area (Å²) in [5.74, 6) is 1.07. The van der Waals surface area contributed by atoms with Gasteiger partial charge in [-0.05, 0) is 31.7 Å². The number of nitrogens with zero attached hydrogens (tertiary/aromatic N) is 2. The van der Waals surface area contributed by atoms with Gasteiger partial charge in [-0.2, -0.15) is 0 Å². The summed E-state index contributed by atoms with van der Waals surface area (Å²) in [6, 6.07) is 8.40. The van der Waals surface area contributed by atoms with Gasteiger partial charge in [0, 0.05) is 50.9 Å². The molecule has 3 aliphatic rings. The van der Waals surface area contributed by atoms with Crippen LogP contribution in [-0.4, -0.2) is 73.8 Å². The van der Waals surface area contributed by atoms with Crippen molar-refractivity contribution in [3.05, 3.63) is 29.8 Å². The monoisotopic (exact) mass is 373 g/mol. The third-order valence-corrected chi connectivity index (χ3v) is 5.84. The number of fused-ring (bicyclic) bond motifs is 1. The van der Waals surface area contributed by atoms with E-state index in [0.29, 0.717) is 25.3 Å². The lowest BCUT2D eigenvalue weighted by molar-refractivity contribution is -0.123. The van der Waals surface area contributed by atoms with Crippen molar-refractivity contribution in [2.24, 2.45) is 0 Å². The van der Waals surface area contributed by atoms with Crippen LogP contribution in [0.4, 0.5) is 0 Å². The molecule has 1 atom stereocenters. The van der Waals surface area contributed by atoms with E-state index >= 15 is 0 Å². The molecule has 0 spiro atoms. The number of hydrogen-bond acceptors (Lipinski definition) is 5. The standard InChI is InChI=1S/C21H31N3O3/c25-21(16-24-11-13-27-20-6-2-1-4-17(20)14-24)22-18-7-9-23(10-8-18)15-19-5-3-12-26-19/h1-2,4,6,18-19H,3,5,7-16H2,(H,22,25)/t19-/m1/s1. The minimum Gasteiger partial charge on any atom is -0.492 e. The summed E-state index contributed by atoms with van der Waals surface area (Å²) in [5.41, 5.74) is 1.16. The first-order valence-electron chi connectivity index (χ1n) is 10.3. The van der Waals surface area contributed by atoms with E-state index in [2.05, 4.69) is 21.2 Å².